The summed E-state index contributed by atoms with van der Waals surface area (Å²) in [5.74, 6) is 0.717. The van der Waals surface area contributed by atoms with Crippen molar-refractivity contribution in [1.82, 2.24) is 0 Å². The normalized spacial score (nSPS) is 11.4. The highest BCUT2D eigenvalue weighted by Gasteiger charge is 2.14. The molecule has 0 aliphatic rings. The maximum Gasteiger partial charge on any atom is 0.297 e. The molecule has 0 bridgehead atoms. The van der Waals surface area contributed by atoms with Gasteiger partial charge in [-0.05, 0) is 56.2 Å². The first-order valence-electron chi connectivity index (χ1n) is 7.04. The summed E-state index contributed by atoms with van der Waals surface area (Å²) in [4.78, 5) is 0.157. The van der Waals surface area contributed by atoms with Crippen molar-refractivity contribution < 1.29 is 17.3 Å². The van der Waals surface area contributed by atoms with Crippen LogP contribution < -0.4 is 4.74 Å². The van der Waals surface area contributed by atoms with E-state index in [1.165, 1.54) is 12.1 Å². The fraction of sp³-hybridized carbons (Fsp3) is 0.294. The third kappa shape index (κ3) is 4.58. The van der Waals surface area contributed by atoms with Gasteiger partial charge in [-0.1, -0.05) is 23.8 Å². The number of benzene rings is 2. The molecule has 0 spiro atoms. The van der Waals surface area contributed by atoms with Crippen LogP contribution in [0.4, 0.5) is 0 Å². The van der Waals surface area contributed by atoms with Crippen LogP contribution in [0.25, 0.3) is 0 Å². The van der Waals surface area contributed by atoms with Crippen molar-refractivity contribution in [3.63, 3.8) is 0 Å². The molecule has 0 aromatic heterocycles. The Kier molecular flexibility index (Phi) is 5.21. The predicted molar refractivity (Wildman–Crippen MR) is 85.7 cm³/mol. The van der Waals surface area contributed by atoms with Crippen molar-refractivity contribution in [2.45, 2.75) is 25.7 Å². The summed E-state index contributed by atoms with van der Waals surface area (Å²) in [5.41, 5.74) is 3.20. The third-order valence-electron chi connectivity index (χ3n) is 3.10. The highest BCUT2D eigenvalue weighted by molar-refractivity contribution is 7.86. The summed E-state index contributed by atoms with van der Waals surface area (Å²) >= 11 is 0. The van der Waals surface area contributed by atoms with Gasteiger partial charge in [-0.2, -0.15) is 8.42 Å². The molecule has 0 atom stereocenters. The fourth-order valence-electron chi connectivity index (χ4n) is 2.09. The highest BCUT2D eigenvalue weighted by atomic mass is 32.2. The molecule has 0 fully saturated rings. The molecule has 0 saturated heterocycles. The van der Waals surface area contributed by atoms with E-state index in [0.717, 1.165) is 16.7 Å². The van der Waals surface area contributed by atoms with Gasteiger partial charge in [0.1, 0.15) is 19.0 Å². The fourth-order valence-corrected chi connectivity index (χ4v) is 2.99. The third-order valence-corrected chi connectivity index (χ3v) is 4.42. The van der Waals surface area contributed by atoms with Gasteiger partial charge in [-0.25, -0.2) is 0 Å². The minimum atomic E-state index is -3.73. The molecule has 5 heteroatoms. The van der Waals surface area contributed by atoms with E-state index in [1.54, 1.807) is 12.1 Å². The molecule has 0 unspecified atom stereocenters. The van der Waals surface area contributed by atoms with Crippen LogP contribution in [0.3, 0.4) is 0 Å². The summed E-state index contributed by atoms with van der Waals surface area (Å²) in [6, 6.07) is 12.4. The SMILES string of the molecule is Cc1ccc(S(=O)(=O)OCCOc2cc(C)cc(C)c2)cc1. The van der Waals surface area contributed by atoms with Crippen molar-refractivity contribution in [2.24, 2.45) is 0 Å². The molecule has 4 nitrogen and oxygen atoms in total. The van der Waals surface area contributed by atoms with Crippen LogP contribution in [-0.2, 0) is 14.3 Å². The molecular formula is C17H20O4S. The van der Waals surface area contributed by atoms with Gasteiger partial charge in [0.05, 0.1) is 4.90 Å². The molecular weight excluding hydrogens is 300 g/mol. The van der Waals surface area contributed by atoms with Crippen molar-refractivity contribution in [1.29, 1.82) is 0 Å². The monoisotopic (exact) mass is 320 g/mol. The zero-order valence-electron chi connectivity index (χ0n) is 13.0. The van der Waals surface area contributed by atoms with E-state index in [2.05, 4.69) is 0 Å². The summed E-state index contributed by atoms with van der Waals surface area (Å²) in [7, 11) is -3.73. The number of hydrogen-bond acceptors (Lipinski definition) is 4. The maximum atomic E-state index is 12.0. The van der Waals surface area contributed by atoms with Gasteiger partial charge in [0, 0.05) is 0 Å². The molecule has 0 N–H and O–H groups in total. The first-order chi connectivity index (χ1) is 10.4. The second kappa shape index (κ2) is 6.94. The van der Waals surface area contributed by atoms with Crippen LogP contribution in [0.15, 0.2) is 47.4 Å². The van der Waals surface area contributed by atoms with E-state index in [4.69, 9.17) is 8.92 Å². The van der Waals surface area contributed by atoms with Crippen LogP contribution in [0, 0.1) is 20.8 Å². The minimum Gasteiger partial charge on any atom is -0.491 e. The molecule has 118 valence electrons. The Bertz CT molecular complexity index is 714. The smallest absolute Gasteiger partial charge is 0.297 e. The molecule has 2 aromatic rings. The Labute approximate surface area is 131 Å². The van der Waals surface area contributed by atoms with Crippen LogP contribution in [0.5, 0.6) is 5.75 Å². The molecule has 22 heavy (non-hydrogen) atoms. The van der Waals surface area contributed by atoms with Crippen molar-refractivity contribution in [3.8, 4) is 5.75 Å². The summed E-state index contributed by atoms with van der Waals surface area (Å²) < 4.78 is 34.5. The van der Waals surface area contributed by atoms with Gasteiger partial charge in [-0.3, -0.25) is 4.18 Å². The molecule has 0 saturated carbocycles. The lowest BCUT2D eigenvalue weighted by atomic mass is 10.1. The minimum absolute atomic E-state index is 0.0246. The Balaban J connectivity index is 1.89. The number of hydrogen-bond donors (Lipinski definition) is 0. The van der Waals surface area contributed by atoms with Gasteiger partial charge >= 0.3 is 0 Å². The van der Waals surface area contributed by atoms with E-state index in [1.807, 2.05) is 39.0 Å². The van der Waals surface area contributed by atoms with Crippen LogP contribution in [0.2, 0.25) is 0 Å². The van der Waals surface area contributed by atoms with E-state index < -0.39 is 10.1 Å². The number of aryl methyl sites for hydroxylation is 3. The van der Waals surface area contributed by atoms with Crippen molar-refractivity contribution >= 4 is 10.1 Å². The van der Waals surface area contributed by atoms with Gasteiger partial charge < -0.3 is 4.74 Å². The quantitative estimate of drug-likeness (QED) is 0.605. The maximum absolute atomic E-state index is 12.0. The summed E-state index contributed by atoms with van der Waals surface area (Å²) in [6.07, 6.45) is 0. The Hall–Kier alpha value is -1.85. The lowest BCUT2D eigenvalue weighted by Gasteiger charge is -2.09. The van der Waals surface area contributed by atoms with E-state index >= 15 is 0 Å². The van der Waals surface area contributed by atoms with Crippen LogP contribution in [-0.4, -0.2) is 21.6 Å². The standard InChI is InChI=1S/C17H20O4S/c1-13-4-6-17(7-5-13)22(18,19)21-9-8-20-16-11-14(2)10-15(3)12-16/h4-7,10-12H,8-9H2,1-3H3. The predicted octanol–water partition coefficient (Wildman–Crippen LogP) is 3.40. The first-order valence-corrected chi connectivity index (χ1v) is 8.45. The molecule has 0 aliphatic heterocycles. The molecule has 0 radical (unpaired) electrons. The molecule has 2 rings (SSSR count). The Morgan fingerprint density at radius 2 is 1.41 bits per heavy atom. The molecule has 0 aliphatic carbocycles. The second-order valence-corrected chi connectivity index (χ2v) is 6.88. The average molecular weight is 320 g/mol. The Morgan fingerprint density at radius 1 is 0.818 bits per heavy atom. The lowest BCUT2D eigenvalue weighted by Crippen LogP contribution is -2.13. The van der Waals surface area contributed by atoms with Gasteiger partial charge in [0.15, 0.2) is 0 Å². The molecule has 0 heterocycles. The van der Waals surface area contributed by atoms with E-state index in [0.29, 0.717) is 5.75 Å². The zero-order chi connectivity index (χ0) is 16.2. The first kappa shape index (κ1) is 16.5. The van der Waals surface area contributed by atoms with Gasteiger partial charge in [-0.15, -0.1) is 0 Å². The number of rotatable bonds is 6. The number of ether oxygens (including phenoxy) is 1. The highest BCUT2D eigenvalue weighted by Crippen LogP contribution is 2.17. The van der Waals surface area contributed by atoms with E-state index in [-0.39, 0.29) is 18.1 Å². The zero-order valence-corrected chi connectivity index (χ0v) is 13.8. The Morgan fingerprint density at radius 3 is 2.00 bits per heavy atom. The molecule has 0 amide bonds. The summed E-state index contributed by atoms with van der Waals surface area (Å²) in [6.45, 7) is 6.02. The lowest BCUT2D eigenvalue weighted by molar-refractivity contribution is 0.221. The van der Waals surface area contributed by atoms with E-state index in [9.17, 15) is 8.42 Å². The summed E-state index contributed by atoms with van der Waals surface area (Å²) in [5, 5.41) is 0. The second-order valence-electron chi connectivity index (χ2n) is 5.26. The topological polar surface area (TPSA) is 52.6 Å². The van der Waals surface area contributed by atoms with Crippen molar-refractivity contribution in [3.05, 3.63) is 59.2 Å². The van der Waals surface area contributed by atoms with Crippen LogP contribution >= 0.6 is 0 Å². The van der Waals surface area contributed by atoms with Crippen LogP contribution in [0.1, 0.15) is 16.7 Å². The van der Waals surface area contributed by atoms with Crippen molar-refractivity contribution in [2.75, 3.05) is 13.2 Å². The van der Waals surface area contributed by atoms with Gasteiger partial charge in [0.25, 0.3) is 10.1 Å². The average Bonchev–Trinajstić information content (AvgIpc) is 2.43. The largest absolute Gasteiger partial charge is 0.491 e. The molecule has 2 aromatic carbocycles. The van der Waals surface area contributed by atoms with Gasteiger partial charge in [0.2, 0.25) is 0 Å².